The van der Waals surface area contributed by atoms with E-state index < -0.39 is 17.5 Å². The molecule has 0 spiro atoms. The first kappa shape index (κ1) is 12.5. The maximum atomic E-state index is 13.7. The molecule has 18 heavy (non-hydrogen) atoms. The standard InChI is InChI=1S/C14H12F3N/c1-18(2)13-8-9(15)6-7-10(13)11-4-3-5-12(16)14(11)17/h3-8H,1-2H3. The number of rotatable bonds is 2. The molecule has 0 atom stereocenters. The van der Waals surface area contributed by atoms with Crippen LogP contribution in [0.5, 0.6) is 0 Å². The van der Waals surface area contributed by atoms with Gasteiger partial charge in [-0.25, -0.2) is 13.2 Å². The molecule has 2 aromatic carbocycles. The SMILES string of the molecule is CN(C)c1cc(F)ccc1-c1cccc(F)c1F. The van der Waals surface area contributed by atoms with Crippen LogP contribution in [0, 0.1) is 17.5 Å². The topological polar surface area (TPSA) is 3.24 Å². The van der Waals surface area contributed by atoms with E-state index in [-0.39, 0.29) is 5.56 Å². The molecule has 0 aliphatic rings. The van der Waals surface area contributed by atoms with E-state index in [1.807, 2.05) is 0 Å². The second kappa shape index (κ2) is 4.72. The smallest absolute Gasteiger partial charge is 0.166 e. The van der Waals surface area contributed by atoms with Crippen molar-refractivity contribution < 1.29 is 13.2 Å². The lowest BCUT2D eigenvalue weighted by Crippen LogP contribution is -2.10. The number of anilines is 1. The molecule has 94 valence electrons. The average molecular weight is 251 g/mol. The predicted octanol–water partition coefficient (Wildman–Crippen LogP) is 3.84. The second-order valence-corrected chi connectivity index (χ2v) is 4.16. The van der Waals surface area contributed by atoms with Crippen LogP contribution in [0.2, 0.25) is 0 Å². The van der Waals surface area contributed by atoms with Crippen molar-refractivity contribution in [3.63, 3.8) is 0 Å². The monoisotopic (exact) mass is 251 g/mol. The minimum Gasteiger partial charge on any atom is -0.377 e. The van der Waals surface area contributed by atoms with Gasteiger partial charge in [0, 0.05) is 30.9 Å². The summed E-state index contributed by atoms with van der Waals surface area (Å²) in [6.07, 6.45) is 0. The fourth-order valence-electron chi connectivity index (χ4n) is 1.81. The molecule has 2 aromatic rings. The Kier molecular flexibility index (Phi) is 3.28. The molecule has 1 nitrogen and oxygen atoms in total. The molecule has 0 fully saturated rings. The van der Waals surface area contributed by atoms with E-state index in [9.17, 15) is 13.2 Å². The van der Waals surface area contributed by atoms with Gasteiger partial charge in [-0.1, -0.05) is 12.1 Å². The molecule has 0 bridgehead atoms. The predicted molar refractivity (Wildman–Crippen MR) is 66.1 cm³/mol. The number of hydrogen-bond donors (Lipinski definition) is 0. The fraction of sp³-hybridized carbons (Fsp3) is 0.143. The van der Waals surface area contributed by atoms with Crippen LogP contribution in [-0.2, 0) is 0 Å². The van der Waals surface area contributed by atoms with Crippen molar-refractivity contribution in [1.82, 2.24) is 0 Å². The zero-order valence-electron chi connectivity index (χ0n) is 10.0. The molecule has 0 saturated heterocycles. The highest BCUT2D eigenvalue weighted by molar-refractivity contribution is 5.78. The van der Waals surface area contributed by atoms with Gasteiger partial charge >= 0.3 is 0 Å². The third kappa shape index (κ3) is 2.18. The summed E-state index contributed by atoms with van der Waals surface area (Å²) in [6.45, 7) is 0. The van der Waals surface area contributed by atoms with Crippen LogP contribution in [0.25, 0.3) is 11.1 Å². The Morgan fingerprint density at radius 2 is 1.61 bits per heavy atom. The first-order chi connectivity index (χ1) is 8.50. The molecule has 0 N–H and O–H groups in total. The third-order valence-electron chi connectivity index (χ3n) is 2.68. The van der Waals surface area contributed by atoms with E-state index in [2.05, 4.69) is 0 Å². The van der Waals surface area contributed by atoms with E-state index in [4.69, 9.17) is 0 Å². The maximum Gasteiger partial charge on any atom is 0.166 e. The maximum absolute atomic E-state index is 13.7. The van der Waals surface area contributed by atoms with Crippen molar-refractivity contribution >= 4 is 5.69 Å². The lowest BCUT2D eigenvalue weighted by atomic mass is 10.0. The number of halogens is 3. The van der Waals surface area contributed by atoms with Gasteiger partial charge in [0.15, 0.2) is 11.6 Å². The molecule has 0 radical (unpaired) electrons. The van der Waals surface area contributed by atoms with Gasteiger partial charge < -0.3 is 4.90 Å². The molecule has 0 amide bonds. The summed E-state index contributed by atoms with van der Waals surface area (Å²) in [5.74, 6) is -2.26. The molecule has 0 aromatic heterocycles. The molecule has 2 rings (SSSR count). The number of nitrogens with zero attached hydrogens (tertiary/aromatic N) is 1. The van der Waals surface area contributed by atoms with Gasteiger partial charge in [-0.05, 0) is 24.3 Å². The van der Waals surface area contributed by atoms with Crippen LogP contribution in [0.3, 0.4) is 0 Å². The summed E-state index contributed by atoms with van der Waals surface area (Å²) in [5.41, 5.74) is 1.08. The summed E-state index contributed by atoms with van der Waals surface area (Å²) in [4.78, 5) is 1.66. The summed E-state index contributed by atoms with van der Waals surface area (Å²) in [7, 11) is 3.44. The Hall–Kier alpha value is -1.97. The van der Waals surface area contributed by atoms with E-state index in [0.29, 0.717) is 11.3 Å². The van der Waals surface area contributed by atoms with Crippen LogP contribution >= 0.6 is 0 Å². The summed E-state index contributed by atoms with van der Waals surface area (Å²) >= 11 is 0. The lowest BCUT2D eigenvalue weighted by molar-refractivity contribution is 0.511. The Bertz CT molecular complexity index is 579. The molecule has 0 aliphatic heterocycles. The van der Waals surface area contributed by atoms with Gasteiger partial charge in [0.2, 0.25) is 0 Å². The Morgan fingerprint density at radius 3 is 2.28 bits per heavy atom. The molecular weight excluding hydrogens is 239 g/mol. The minimum absolute atomic E-state index is 0.124. The molecule has 0 saturated carbocycles. The van der Waals surface area contributed by atoms with Gasteiger partial charge in [0.1, 0.15) is 5.82 Å². The quantitative estimate of drug-likeness (QED) is 0.784. The highest BCUT2D eigenvalue weighted by Gasteiger charge is 2.14. The first-order valence-electron chi connectivity index (χ1n) is 5.42. The second-order valence-electron chi connectivity index (χ2n) is 4.16. The van der Waals surface area contributed by atoms with E-state index in [1.165, 1.54) is 30.3 Å². The van der Waals surface area contributed by atoms with Gasteiger partial charge in [0.05, 0.1) is 0 Å². The highest BCUT2D eigenvalue weighted by Crippen LogP contribution is 2.32. The largest absolute Gasteiger partial charge is 0.377 e. The van der Waals surface area contributed by atoms with Gasteiger partial charge in [-0.3, -0.25) is 0 Å². The normalized spacial score (nSPS) is 10.5. The van der Waals surface area contributed by atoms with Crippen LogP contribution in [0.15, 0.2) is 36.4 Å². The zero-order chi connectivity index (χ0) is 13.3. The molecule has 0 unspecified atom stereocenters. The van der Waals surface area contributed by atoms with Crippen molar-refractivity contribution in [2.24, 2.45) is 0 Å². The highest BCUT2D eigenvalue weighted by atomic mass is 19.2. The van der Waals surface area contributed by atoms with Gasteiger partial charge in [0.25, 0.3) is 0 Å². The fourth-order valence-corrected chi connectivity index (χ4v) is 1.81. The Morgan fingerprint density at radius 1 is 0.889 bits per heavy atom. The lowest BCUT2D eigenvalue weighted by Gasteiger charge is -2.18. The average Bonchev–Trinajstić information content (AvgIpc) is 2.33. The molecule has 4 heteroatoms. The van der Waals surface area contributed by atoms with Crippen molar-refractivity contribution in [3.8, 4) is 11.1 Å². The molecule has 0 heterocycles. The van der Waals surface area contributed by atoms with Crippen LogP contribution in [0.1, 0.15) is 0 Å². The number of hydrogen-bond acceptors (Lipinski definition) is 1. The Balaban J connectivity index is 2.67. The van der Waals surface area contributed by atoms with E-state index in [1.54, 1.807) is 19.0 Å². The number of benzene rings is 2. The van der Waals surface area contributed by atoms with E-state index >= 15 is 0 Å². The first-order valence-corrected chi connectivity index (χ1v) is 5.42. The summed E-state index contributed by atoms with van der Waals surface area (Å²) < 4.78 is 40.2. The molecule has 0 aliphatic carbocycles. The van der Waals surface area contributed by atoms with Gasteiger partial charge in [-0.2, -0.15) is 0 Å². The summed E-state index contributed by atoms with van der Waals surface area (Å²) in [6, 6.07) is 7.92. The van der Waals surface area contributed by atoms with Crippen molar-refractivity contribution in [1.29, 1.82) is 0 Å². The van der Waals surface area contributed by atoms with Crippen molar-refractivity contribution in [2.75, 3.05) is 19.0 Å². The zero-order valence-corrected chi connectivity index (χ0v) is 10.0. The van der Waals surface area contributed by atoms with Crippen molar-refractivity contribution in [2.45, 2.75) is 0 Å². The van der Waals surface area contributed by atoms with E-state index in [0.717, 1.165) is 6.07 Å². The third-order valence-corrected chi connectivity index (χ3v) is 2.68. The van der Waals surface area contributed by atoms with Crippen LogP contribution in [-0.4, -0.2) is 14.1 Å². The molecular formula is C14H12F3N. The Labute approximate surface area is 103 Å². The minimum atomic E-state index is -0.924. The van der Waals surface area contributed by atoms with Crippen LogP contribution in [0.4, 0.5) is 18.9 Å². The van der Waals surface area contributed by atoms with Crippen LogP contribution < -0.4 is 4.90 Å². The van der Waals surface area contributed by atoms with Crippen molar-refractivity contribution in [3.05, 3.63) is 53.8 Å². The summed E-state index contributed by atoms with van der Waals surface area (Å²) in [5, 5.41) is 0. The van der Waals surface area contributed by atoms with Gasteiger partial charge in [-0.15, -0.1) is 0 Å².